The lowest BCUT2D eigenvalue weighted by molar-refractivity contribution is -0.385. The Morgan fingerprint density at radius 1 is 1.26 bits per heavy atom. The summed E-state index contributed by atoms with van der Waals surface area (Å²) < 4.78 is 5.08. The number of para-hydroxylation sites is 1. The smallest absolute Gasteiger partial charge is 0.293 e. The van der Waals surface area contributed by atoms with Gasteiger partial charge in [-0.15, -0.1) is 0 Å². The fourth-order valence-electron chi connectivity index (χ4n) is 2.55. The largest absolute Gasteiger partial charge is 0.507 e. The van der Waals surface area contributed by atoms with E-state index in [4.69, 9.17) is 4.74 Å². The van der Waals surface area contributed by atoms with Gasteiger partial charge in [0, 0.05) is 17.2 Å². The Hall–Kier alpha value is -3.33. The topological polar surface area (TPSA) is 110 Å². The summed E-state index contributed by atoms with van der Waals surface area (Å²) in [5.41, 5.74) is 0.423. The van der Waals surface area contributed by atoms with E-state index in [0.29, 0.717) is 23.1 Å². The van der Waals surface area contributed by atoms with E-state index in [0.717, 1.165) is 4.90 Å². The van der Waals surface area contributed by atoms with Crippen molar-refractivity contribution in [2.24, 2.45) is 0 Å². The average Bonchev–Trinajstić information content (AvgIpc) is 2.91. The van der Waals surface area contributed by atoms with Gasteiger partial charge in [0.15, 0.2) is 0 Å². The summed E-state index contributed by atoms with van der Waals surface area (Å²) in [7, 11) is 1.47. The molecule has 9 heteroatoms. The molecule has 27 heavy (non-hydrogen) atoms. The first kappa shape index (κ1) is 18.5. The van der Waals surface area contributed by atoms with Crippen LogP contribution in [0.2, 0.25) is 0 Å². The molecule has 8 nitrogen and oxygen atoms in total. The molecule has 0 unspecified atom stereocenters. The number of phenols is 1. The molecule has 0 aromatic heterocycles. The normalized spacial score (nSPS) is 15.4. The number of phenolic OH excluding ortho intramolecular Hbond substituents is 1. The van der Waals surface area contributed by atoms with Crippen LogP contribution in [0.15, 0.2) is 47.4 Å². The van der Waals surface area contributed by atoms with Gasteiger partial charge in [-0.3, -0.25) is 24.6 Å². The van der Waals surface area contributed by atoms with E-state index in [1.165, 1.54) is 43.5 Å². The number of nitrogens with zero attached hydrogens (tertiary/aromatic N) is 2. The quantitative estimate of drug-likeness (QED) is 0.475. The lowest BCUT2D eigenvalue weighted by Crippen LogP contribution is -2.27. The highest BCUT2D eigenvalue weighted by Crippen LogP contribution is 2.36. The highest BCUT2D eigenvalue weighted by molar-refractivity contribution is 8.18. The van der Waals surface area contributed by atoms with Crippen LogP contribution in [0.25, 0.3) is 6.08 Å². The number of nitro groups is 1. The average molecular weight is 386 g/mol. The number of nitro benzene ring substituents is 1. The highest BCUT2D eigenvalue weighted by atomic mass is 32.2. The predicted octanol–water partition coefficient (Wildman–Crippen LogP) is 3.55. The third-order valence-corrected chi connectivity index (χ3v) is 4.82. The van der Waals surface area contributed by atoms with E-state index in [9.17, 15) is 24.8 Å². The Morgan fingerprint density at radius 3 is 2.70 bits per heavy atom. The Bertz CT molecular complexity index is 972. The fraction of sp³-hybridized carbons (Fsp3) is 0.111. The van der Waals surface area contributed by atoms with E-state index in [1.54, 1.807) is 12.1 Å². The van der Waals surface area contributed by atoms with E-state index >= 15 is 0 Å². The van der Waals surface area contributed by atoms with Crippen molar-refractivity contribution in [1.29, 1.82) is 0 Å². The standard InChI is InChI=1S/C18H14N2O6S/c1-26-13-6-7-15(21)12(8-13)9-16-17(22)19(18(23)27-16)10-11-4-2-3-5-14(11)20(24)25/h2-9,21H,10H2,1H3/b16-9-. The number of ether oxygens (including phenoxy) is 1. The molecule has 1 fully saturated rings. The second-order valence-corrected chi connectivity index (χ2v) is 6.57. The molecule has 1 aliphatic rings. The fourth-order valence-corrected chi connectivity index (χ4v) is 3.37. The minimum Gasteiger partial charge on any atom is -0.507 e. The first-order valence-corrected chi connectivity index (χ1v) is 8.57. The molecule has 2 aromatic carbocycles. The molecule has 1 heterocycles. The molecule has 0 spiro atoms. The molecule has 1 saturated heterocycles. The second kappa shape index (κ2) is 7.50. The molecule has 3 rings (SSSR count). The van der Waals surface area contributed by atoms with Gasteiger partial charge >= 0.3 is 0 Å². The summed E-state index contributed by atoms with van der Waals surface area (Å²) in [5.74, 6) is -0.162. The molecule has 0 atom stereocenters. The Labute approximate surface area is 158 Å². The zero-order valence-corrected chi connectivity index (χ0v) is 14.9. The van der Waals surface area contributed by atoms with E-state index in [1.807, 2.05) is 0 Å². The Morgan fingerprint density at radius 2 is 2.00 bits per heavy atom. The molecular weight excluding hydrogens is 372 g/mol. The molecule has 0 radical (unpaired) electrons. The number of hydrogen-bond acceptors (Lipinski definition) is 7. The van der Waals surface area contributed by atoms with Crippen molar-refractivity contribution in [3.63, 3.8) is 0 Å². The summed E-state index contributed by atoms with van der Waals surface area (Å²) >= 11 is 0.709. The summed E-state index contributed by atoms with van der Waals surface area (Å²) in [6.45, 7) is -0.205. The van der Waals surface area contributed by atoms with Crippen molar-refractivity contribution in [3.05, 3.63) is 68.6 Å². The molecule has 1 aliphatic heterocycles. The van der Waals surface area contributed by atoms with Gasteiger partial charge in [-0.05, 0) is 36.0 Å². The van der Waals surface area contributed by atoms with Crippen molar-refractivity contribution < 1.29 is 24.4 Å². The number of rotatable bonds is 5. The molecule has 2 amide bonds. The van der Waals surface area contributed by atoms with Crippen molar-refractivity contribution in [2.75, 3.05) is 7.11 Å². The van der Waals surface area contributed by atoms with Crippen LogP contribution in [0.3, 0.4) is 0 Å². The van der Waals surface area contributed by atoms with Gasteiger partial charge in [-0.25, -0.2) is 0 Å². The zero-order valence-electron chi connectivity index (χ0n) is 14.1. The summed E-state index contributed by atoms with van der Waals surface area (Å²) in [4.78, 5) is 36.5. The number of benzene rings is 2. The molecule has 0 aliphatic carbocycles. The van der Waals surface area contributed by atoms with Crippen LogP contribution in [0, 0.1) is 10.1 Å². The number of thioether (sulfide) groups is 1. The Kier molecular flexibility index (Phi) is 5.13. The summed E-state index contributed by atoms with van der Waals surface area (Å²) in [6, 6.07) is 10.4. The van der Waals surface area contributed by atoms with Gasteiger partial charge in [-0.1, -0.05) is 18.2 Å². The van der Waals surface area contributed by atoms with Crippen molar-refractivity contribution in [2.45, 2.75) is 6.54 Å². The number of imide groups is 1. The van der Waals surface area contributed by atoms with Gasteiger partial charge < -0.3 is 9.84 Å². The van der Waals surface area contributed by atoms with Crippen LogP contribution in [0.4, 0.5) is 10.5 Å². The maximum atomic E-state index is 12.6. The van der Waals surface area contributed by atoms with Crippen LogP contribution in [0.1, 0.15) is 11.1 Å². The van der Waals surface area contributed by atoms with Gasteiger partial charge in [0.1, 0.15) is 11.5 Å². The van der Waals surface area contributed by atoms with Crippen LogP contribution in [-0.4, -0.2) is 33.2 Å². The van der Waals surface area contributed by atoms with E-state index in [-0.39, 0.29) is 28.5 Å². The monoisotopic (exact) mass is 386 g/mol. The number of aromatic hydroxyl groups is 1. The number of hydrogen-bond donors (Lipinski definition) is 1. The number of carbonyl (C=O) groups is 2. The van der Waals surface area contributed by atoms with Crippen LogP contribution in [-0.2, 0) is 11.3 Å². The minimum atomic E-state index is -0.578. The minimum absolute atomic E-state index is 0.0682. The predicted molar refractivity (Wildman–Crippen MR) is 99.3 cm³/mol. The van der Waals surface area contributed by atoms with Crippen molar-refractivity contribution in [3.8, 4) is 11.5 Å². The van der Waals surface area contributed by atoms with Crippen LogP contribution < -0.4 is 4.74 Å². The lowest BCUT2D eigenvalue weighted by atomic mass is 10.1. The molecule has 138 valence electrons. The van der Waals surface area contributed by atoms with Crippen molar-refractivity contribution >= 4 is 34.7 Å². The number of methoxy groups -OCH3 is 1. The molecular formula is C18H14N2O6S. The lowest BCUT2D eigenvalue weighted by Gasteiger charge is -2.12. The van der Waals surface area contributed by atoms with Gasteiger partial charge in [0.2, 0.25) is 0 Å². The van der Waals surface area contributed by atoms with Gasteiger partial charge in [-0.2, -0.15) is 0 Å². The maximum absolute atomic E-state index is 12.6. The van der Waals surface area contributed by atoms with E-state index < -0.39 is 16.1 Å². The Balaban J connectivity index is 1.89. The third-order valence-electron chi connectivity index (χ3n) is 3.91. The summed E-state index contributed by atoms with van der Waals surface area (Å²) in [5, 5.41) is 20.5. The second-order valence-electron chi connectivity index (χ2n) is 5.58. The van der Waals surface area contributed by atoms with E-state index in [2.05, 4.69) is 0 Å². The third kappa shape index (κ3) is 3.77. The first-order valence-electron chi connectivity index (χ1n) is 7.75. The van der Waals surface area contributed by atoms with Crippen LogP contribution in [0.5, 0.6) is 11.5 Å². The van der Waals surface area contributed by atoms with Crippen LogP contribution >= 0.6 is 11.8 Å². The number of amides is 2. The molecule has 1 N–H and O–H groups in total. The summed E-state index contributed by atoms with van der Waals surface area (Å²) in [6.07, 6.45) is 1.39. The van der Waals surface area contributed by atoms with Gasteiger partial charge in [0.25, 0.3) is 16.8 Å². The molecule has 2 aromatic rings. The maximum Gasteiger partial charge on any atom is 0.293 e. The first-order chi connectivity index (χ1) is 12.9. The SMILES string of the molecule is COc1ccc(O)c(/C=C2\SC(=O)N(Cc3ccccc3[N+](=O)[O-])C2=O)c1. The van der Waals surface area contributed by atoms with Gasteiger partial charge in [0.05, 0.1) is 23.5 Å². The molecule has 0 saturated carbocycles. The van der Waals surface area contributed by atoms with Crippen molar-refractivity contribution in [1.82, 2.24) is 4.90 Å². The number of carbonyl (C=O) groups excluding carboxylic acids is 2. The molecule has 0 bridgehead atoms. The zero-order chi connectivity index (χ0) is 19.6. The highest BCUT2D eigenvalue weighted by Gasteiger charge is 2.36.